The van der Waals surface area contributed by atoms with E-state index < -0.39 is 4.92 Å². The molecule has 8 heteroatoms. The van der Waals surface area contributed by atoms with Crippen LogP contribution in [0.1, 0.15) is 5.56 Å². The highest BCUT2D eigenvalue weighted by atomic mass is 79.9. The zero-order valence-electron chi connectivity index (χ0n) is 16.4. The molecule has 0 saturated heterocycles. The Kier molecular flexibility index (Phi) is 5.90. The molecule has 4 aromatic rings. The Hall–Kier alpha value is -3.78. The number of nitro groups is 1. The van der Waals surface area contributed by atoms with Gasteiger partial charge in [-0.3, -0.25) is 15.1 Å². The molecule has 0 saturated carbocycles. The number of nitro benzene ring substituents is 1. The summed E-state index contributed by atoms with van der Waals surface area (Å²) in [4.78, 5) is 19.5. The van der Waals surface area contributed by atoms with Crippen molar-refractivity contribution in [2.24, 2.45) is 4.99 Å². The number of methoxy groups -OCH3 is 1. The van der Waals surface area contributed by atoms with Gasteiger partial charge in [-0.25, -0.2) is 4.98 Å². The lowest BCUT2D eigenvalue weighted by Crippen LogP contribution is -1.89. The van der Waals surface area contributed by atoms with Crippen LogP contribution in [0.3, 0.4) is 0 Å². The van der Waals surface area contributed by atoms with E-state index in [0.29, 0.717) is 32.7 Å². The van der Waals surface area contributed by atoms with Gasteiger partial charge in [0.1, 0.15) is 11.3 Å². The summed E-state index contributed by atoms with van der Waals surface area (Å²) in [6.07, 6.45) is 5.10. The largest absolute Gasteiger partial charge is 0.497 e. The van der Waals surface area contributed by atoms with Crippen molar-refractivity contribution in [3.8, 4) is 17.2 Å². The Morgan fingerprint density at radius 3 is 2.84 bits per heavy atom. The van der Waals surface area contributed by atoms with E-state index in [1.165, 1.54) is 6.07 Å². The van der Waals surface area contributed by atoms with Gasteiger partial charge in [-0.1, -0.05) is 18.2 Å². The van der Waals surface area contributed by atoms with E-state index in [2.05, 4.69) is 25.9 Å². The van der Waals surface area contributed by atoms with Crippen LogP contribution in [-0.4, -0.2) is 23.2 Å². The van der Waals surface area contributed by atoms with Crippen molar-refractivity contribution in [2.45, 2.75) is 0 Å². The SMILES string of the molecule is COc1cccc(-c2nc3cc(N=C/C=C/c4ccc(Br)c([N+](=O)[O-])c4)ccc3o2)c1. The van der Waals surface area contributed by atoms with E-state index in [1.54, 1.807) is 37.6 Å². The number of aromatic nitrogens is 1. The molecule has 154 valence electrons. The summed E-state index contributed by atoms with van der Waals surface area (Å²) in [6, 6.07) is 17.9. The summed E-state index contributed by atoms with van der Waals surface area (Å²) in [7, 11) is 1.61. The van der Waals surface area contributed by atoms with Gasteiger partial charge in [-0.2, -0.15) is 0 Å². The number of allylic oxidation sites excluding steroid dienone is 1. The van der Waals surface area contributed by atoms with E-state index in [0.717, 1.165) is 11.3 Å². The topological polar surface area (TPSA) is 90.8 Å². The van der Waals surface area contributed by atoms with E-state index in [-0.39, 0.29) is 5.69 Å². The molecule has 3 aromatic carbocycles. The number of oxazole rings is 1. The van der Waals surface area contributed by atoms with E-state index in [9.17, 15) is 10.1 Å². The number of rotatable bonds is 6. The van der Waals surface area contributed by atoms with Crippen LogP contribution in [0.5, 0.6) is 5.75 Å². The van der Waals surface area contributed by atoms with Gasteiger partial charge in [0, 0.05) is 17.8 Å². The monoisotopic (exact) mass is 477 g/mol. The van der Waals surface area contributed by atoms with Gasteiger partial charge < -0.3 is 9.15 Å². The Morgan fingerprint density at radius 2 is 2.03 bits per heavy atom. The molecule has 0 atom stereocenters. The van der Waals surface area contributed by atoms with E-state index in [4.69, 9.17) is 9.15 Å². The number of fused-ring (bicyclic) bond motifs is 1. The van der Waals surface area contributed by atoms with E-state index >= 15 is 0 Å². The first-order valence-electron chi connectivity index (χ1n) is 9.23. The third kappa shape index (κ3) is 4.70. The fourth-order valence-electron chi connectivity index (χ4n) is 2.93. The van der Waals surface area contributed by atoms with Crippen molar-refractivity contribution in [2.75, 3.05) is 7.11 Å². The predicted molar refractivity (Wildman–Crippen MR) is 124 cm³/mol. The van der Waals surface area contributed by atoms with Crippen LogP contribution < -0.4 is 4.74 Å². The summed E-state index contributed by atoms with van der Waals surface area (Å²) >= 11 is 3.17. The second kappa shape index (κ2) is 8.93. The minimum atomic E-state index is -0.428. The second-order valence-electron chi connectivity index (χ2n) is 6.51. The minimum absolute atomic E-state index is 0.0161. The number of hydrogen-bond donors (Lipinski definition) is 0. The van der Waals surface area contributed by atoms with Crippen LogP contribution in [0.25, 0.3) is 28.6 Å². The zero-order chi connectivity index (χ0) is 21.8. The minimum Gasteiger partial charge on any atom is -0.497 e. The first-order chi connectivity index (χ1) is 15.0. The van der Waals surface area contributed by atoms with Crippen molar-refractivity contribution in [3.63, 3.8) is 0 Å². The van der Waals surface area contributed by atoms with Gasteiger partial charge in [0.15, 0.2) is 5.58 Å². The maximum Gasteiger partial charge on any atom is 0.284 e. The lowest BCUT2D eigenvalue weighted by Gasteiger charge is -2.00. The van der Waals surface area contributed by atoms with Gasteiger partial charge in [0.2, 0.25) is 5.89 Å². The Labute approximate surface area is 186 Å². The average molecular weight is 478 g/mol. The number of halogens is 1. The molecule has 0 amide bonds. The number of nitrogens with zero attached hydrogens (tertiary/aromatic N) is 3. The molecule has 0 aliphatic carbocycles. The fourth-order valence-corrected chi connectivity index (χ4v) is 3.32. The molecule has 0 N–H and O–H groups in total. The van der Waals surface area contributed by atoms with Gasteiger partial charge in [0.05, 0.1) is 22.2 Å². The molecule has 0 radical (unpaired) electrons. The molecule has 0 unspecified atom stereocenters. The summed E-state index contributed by atoms with van der Waals surface area (Å²) in [6.45, 7) is 0. The maximum absolute atomic E-state index is 11.0. The molecule has 0 spiro atoms. The third-order valence-corrected chi connectivity index (χ3v) is 5.12. The van der Waals surface area contributed by atoms with Crippen molar-refractivity contribution >= 4 is 50.7 Å². The lowest BCUT2D eigenvalue weighted by atomic mass is 10.2. The van der Waals surface area contributed by atoms with Crippen LogP contribution in [0.4, 0.5) is 11.4 Å². The van der Waals surface area contributed by atoms with Crippen LogP contribution in [0.2, 0.25) is 0 Å². The Balaban J connectivity index is 1.52. The molecule has 1 aromatic heterocycles. The standard InChI is InChI=1S/C23H16BrN3O4/c1-30-18-6-2-5-16(13-18)23-26-20-14-17(8-10-22(20)31-23)25-11-3-4-15-7-9-19(24)21(12-15)27(28)29/h2-14H,1H3/b4-3+,25-11?. The molecule has 4 rings (SSSR count). The third-order valence-electron chi connectivity index (χ3n) is 4.45. The molecule has 0 fully saturated rings. The van der Waals surface area contributed by atoms with Gasteiger partial charge >= 0.3 is 0 Å². The highest BCUT2D eigenvalue weighted by Crippen LogP contribution is 2.29. The van der Waals surface area contributed by atoms with Gasteiger partial charge in [-0.05, 0) is 70.0 Å². The summed E-state index contributed by atoms with van der Waals surface area (Å²) in [5.74, 6) is 1.24. The van der Waals surface area contributed by atoms with Crippen LogP contribution in [0, 0.1) is 10.1 Å². The highest BCUT2D eigenvalue weighted by molar-refractivity contribution is 9.10. The molecule has 1 heterocycles. The second-order valence-corrected chi connectivity index (χ2v) is 7.36. The average Bonchev–Trinajstić information content (AvgIpc) is 3.21. The molecular weight excluding hydrogens is 462 g/mol. The summed E-state index contributed by atoms with van der Waals surface area (Å²) < 4.78 is 11.5. The van der Waals surface area contributed by atoms with Crippen LogP contribution in [-0.2, 0) is 0 Å². The number of benzene rings is 3. The molecule has 0 bridgehead atoms. The van der Waals surface area contributed by atoms with Crippen molar-refractivity contribution in [3.05, 3.63) is 86.9 Å². The molecule has 31 heavy (non-hydrogen) atoms. The highest BCUT2D eigenvalue weighted by Gasteiger charge is 2.11. The van der Waals surface area contributed by atoms with Gasteiger partial charge in [-0.15, -0.1) is 0 Å². The summed E-state index contributed by atoms with van der Waals surface area (Å²) in [5, 5.41) is 11.0. The molecule has 0 aliphatic heterocycles. The first-order valence-corrected chi connectivity index (χ1v) is 10.0. The van der Waals surface area contributed by atoms with Crippen molar-refractivity contribution < 1.29 is 14.1 Å². The smallest absolute Gasteiger partial charge is 0.284 e. The first kappa shape index (κ1) is 20.5. The predicted octanol–water partition coefficient (Wildman–Crippen LogP) is 6.59. The van der Waals surface area contributed by atoms with Crippen molar-refractivity contribution in [1.82, 2.24) is 4.98 Å². The number of aliphatic imine (C=N–C) groups is 1. The number of ether oxygens (including phenoxy) is 1. The maximum atomic E-state index is 11.0. The Morgan fingerprint density at radius 1 is 1.16 bits per heavy atom. The lowest BCUT2D eigenvalue weighted by molar-refractivity contribution is -0.385. The Bertz CT molecular complexity index is 1330. The fraction of sp³-hybridized carbons (Fsp3) is 0.0435. The summed E-state index contributed by atoms with van der Waals surface area (Å²) in [5.41, 5.74) is 3.62. The number of hydrogen-bond acceptors (Lipinski definition) is 6. The molecule has 0 aliphatic rings. The van der Waals surface area contributed by atoms with Crippen LogP contribution in [0.15, 0.2) is 80.6 Å². The van der Waals surface area contributed by atoms with Gasteiger partial charge in [0.25, 0.3) is 5.69 Å². The molecule has 7 nitrogen and oxygen atoms in total. The van der Waals surface area contributed by atoms with E-state index in [1.807, 2.05) is 42.5 Å². The van der Waals surface area contributed by atoms with Crippen molar-refractivity contribution in [1.29, 1.82) is 0 Å². The van der Waals surface area contributed by atoms with Crippen LogP contribution >= 0.6 is 15.9 Å². The molecular formula is C23H16BrN3O4. The normalized spacial score (nSPS) is 11.5. The zero-order valence-corrected chi connectivity index (χ0v) is 17.9. The quantitative estimate of drug-likeness (QED) is 0.177.